The van der Waals surface area contributed by atoms with Crippen LogP contribution in [0.1, 0.15) is 53.7 Å². The van der Waals surface area contributed by atoms with Crippen LogP contribution < -0.4 is 16.0 Å². The van der Waals surface area contributed by atoms with E-state index in [4.69, 9.17) is 11.6 Å². The van der Waals surface area contributed by atoms with Crippen LogP contribution in [0.2, 0.25) is 5.02 Å². The topological polar surface area (TPSA) is 87.3 Å². The molecule has 0 heterocycles. The number of hydrogen-bond donors (Lipinski definition) is 3. The fraction of sp³-hybridized carbons (Fsp3) is 0.222. The highest BCUT2D eigenvalue weighted by Crippen LogP contribution is 2.20. The van der Waals surface area contributed by atoms with Gasteiger partial charge in [-0.25, -0.2) is 0 Å². The van der Waals surface area contributed by atoms with Crippen molar-refractivity contribution < 1.29 is 14.4 Å². The lowest BCUT2D eigenvalue weighted by Crippen LogP contribution is -2.33. The Hall–Kier alpha value is -3.64. The lowest BCUT2D eigenvalue weighted by Gasteiger charge is -2.19. The zero-order valence-corrected chi connectivity index (χ0v) is 19.8. The van der Waals surface area contributed by atoms with Gasteiger partial charge in [0.25, 0.3) is 5.91 Å². The van der Waals surface area contributed by atoms with E-state index in [1.807, 2.05) is 61.5 Å². The van der Waals surface area contributed by atoms with E-state index in [9.17, 15) is 14.4 Å². The zero-order valence-electron chi connectivity index (χ0n) is 19.0. The predicted octanol–water partition coefficient (Wildman–Crippen LogP) is 5.26. The third kappa shape index (κ3) is 7.46. The van der Waals surface area contributed by atoms with Gasteiger partial charge in [0.1, 0.15) is 0 Å². The van der Waals surface area contributed by atoms with Gasteiger partial charge in [-0.2, -0.15) is 0 Å². The molecule has 1 unspecified atom stereocenters. The van der Waals surface area contributed by atoms with Crippen molar-refractivity contribution in [1.29, 1.82) is 0 Å². The summed E-state index contributed by atoms with van der Waals surface area (Å²) < 4.78 is 0. The molecule has 3 aromatic rings. The van der Waals surface area contributed by atoms with Crippen LogP contribution in [0, 0.1) is 0 Å². The standard InChI is InChI=1S/C27H28ClN3O3/c1-2-9-25(32)30-21-13-8-10-19(16-21)18-29-26(33)17-24(20-11-4-3-5-12-20)31-27(34)22-14-6-7-15-23(22)28/h3-8,10-16,24H,2,9,17-18H2,1H3,(H,29,33)(H,30,32)(H,31,34). The van der Waals surface area contributed by atoms with Crippen LogP contribution in [0.15, 0.2) is 78.9 Å². The van der Waals surface area contributed by atoms with Crippen molar-refractivity contribution in [1.82, 2.24) is 10.6 Å². The van der Waals surface area contributed by atoms with E-state index in [2.05, 4.69) is 16.0 Å². The van der Waals surface area contributed by atoms with Crippen molar-refractivity contribution >= 4 is 35.0 Å². The Labute approximate surface area is 204 Å². The molecule has 34 heavy (non-hydrogen) atoms. The maximum atomic E-state index is 12.8. The molecular formula is C27H28ClN3O3. The van der Waals surface area contributed by atoms with Gasteiger partial charge in [0, 0.05) is 18.7 Å². The Balaban J connectivity index is 1.64. The van der Waals surface area contributed by atoms with E-state index in [1.165, 1.54) is 0 Å². The number of nitrogens with one attached hydrogen (secondary N) is 3. The van der Waals surface area contributed by atoms with Gasteiger partial charge >= 0.3 is 0 Å². The predicted molar refractivity (Wildman–Crippen MR) is 135 cm³/mol. The highest BCUT2D eigenvalue weighted by Gasteiger charge is 2.20. The van der Waals surface area contributed by atoms with E-state index >= 15 is 0 Å². The molecule has 1 atom stereocenters. The van der Waals surface area contributed by atoms with E-state index in [1.54, 1.807) is 24.3 Å². The van der Waals surface area contributed by atoms with E-state index in [-0.39, 0.29) is 24.1 Å². The van der Waals surface area contributed by atoms with Crippen LogP contribution in [-0.4, -0.2) is 17.7 Å². The summed E-state index contributed by atoms with van der Waals surface area (Å²) in [5.41, 5.74) is 2.73. The smallest absolute Gasteiger partial charge is 0.253 e. The first-order valence-corrected chi connectivity index (χ1v) is 11.6. The number of amides is 3. The monoisotopic (exact) mass is 477 g/mol. The molecule has 0 radical (unpaired) electrons. The summed E-state index contributed by atoms with van der Waals surface area (Å²) >= 11 is 6.17. The number of rotatable bonds is 10. The molecule has 0 aliphatic heterocycles. The molecule has 3 aromatic carbocycles. The number of halogens is 1. The third-order valence-corrected chi connectivity index (χ3v) is 5.52. The van der Waals surface area contributed by atoms with Crippen LogP contribution in [0.4, 0.5) is 5.69 Å². The molecule has 0 aromatic heterocycles. The second kappa shape index (κ2) is 12.6. The van der Waals surface area contributed by atoms with Crippen molar-refractivity contribution in [3.05, 3.63) is 101 Å². The quantitative estimate of drug-likeness (QED) is 0.372. The molecule has 0 bridgehead atoms. The van der Waals surface area contributed by atoms with Gasteiger partial charge in [-0.05, 0) is 41.8 Å². The maximum absolute atomic E-state index is 12.8. The second-order valence-electron chi connectivity index (χ2n) is 7.90. The SMILES string of the molecule is CCCC(=O)Nc1cccc(CNC(=O)CC(NC(=O)c2ccccc2Cl)c2ccccc2)c1. The fourth-order valence-electron chi connectivity index (χ4n) is 3.49. The second-order valence-corrected chi connectivity index (χ2v) is 8.30. The molecule has 0 aliphatic carbocycles. The number of anilines is 1. The van der Waals surface area contributed by atoms with Crippen LogP contribution in [-0.2, 0) is 16.1 Å². The Kier molecular flexibility index (Phi) is 9.23. The van der Waals surface area contributed by atoms with E-state index in [0.717, 1.165) is 17.5 Å². The summed E-state index contributed by atoms with van der Waals surface area (Å²) in [6, 6.07) is 23.0. The number of carbonyl (C=O) groups is 3. The molecular weight excluding hydrogens is 450 g/mol. The average Bonchev–Trinajstić information content (AvgIpc) is 2.83. The molecule has 0 fully saturated rings. The van der Waals surface area contributed by atoms with Gasteiger partial charge in [0.15, 0.2) is 0 Å². The minimum atomic E-state index is -0.523. The maximum Gasteiger partial charge on any atom is 0.253 e. The minimum Gasteiger partial charge on any atom is -0.352 e. The Morgan fingerprint density at radius 3 is 2.35 bits per heavy atom. The number of carbonyl (C=O) groups excluding carboxylic acids is 3. The Morgan fingerprint density at radius 2 is 1.62 bits per heavy atom. The zero-order chi connectivity index (χ0) is 24.3. The molecule has 176 valence electrons. The highest BCUT2D eigenvalue weighted by atomic mass is 35.5. The van der Waals surface area contributed by atoms with Crippen LogP contribution in [0.3, 0.4) is 0 Å². The summed E-state index contributed by atoms with van der Waals surface area (Å²) in [7, 11) is 0. The first-order valence-electron chi connectivity index (χ1n) is 11.2. The average molecular weight is 478 g/mol. The first-order chi connectivity index (χ1) is 16.5. The largest absolute Gasteiger partial charge is 0.352 e. The van der Waals surface area contributed by atoms with Gasteiger partial charge in [-0.1, -0.05) is 73.1 Å². The number of hydrogen-bond acceptors (Lipinski definition) is 3. The molecule has 0 spiro atoms. The lowest BCUT2D eigenvalue weighted by molar-refractivity contribution is -0.121. The van der Waals surface area contributed by atoms with Gasteiger partial charge in [0.2, 0.25) is 11.8 Å². The van der Waals surface area contributed by atoms with Crippen molar-refractivity contribution in [3.8, 4) is 0 Å². The molecule has 0 saturated heterocycles. The Morgan fingerprint density at radius 1 is 0.882 bits per heavy atom. The molecule has 3 amide bonds. The third-order valence-electron chi connectivity index (χ3n) is 5.19. The van der Waals surface area contributed by atoms with Crippen LogP contribution in [0.5, 0.6) is 0 Å². The first kappa shape index (κ1) is 25.0. The molecule has 3 rings (SSSR count). The van der Waals surface area contributed by atoms with Crippen molar-refractivity contribution in [2.75, 3.05) is 5.32 Å². The van der Waals surface area contributed by atoms with E-state index < -0.39 is 6.04 Å². The molecule has 3 N–H and O–H groups in total. The summed E-state index contributed by atoms with van der Waals surface area (Å²) in [4.78, 5) is 37.4. The van der Waals surface area contributed by atoms with Gasteiger partial charge in [-0.3, -0.25) is 14.4 Å². The molecule has 7 heteroatoms. The summed E-state index contributed by atoms with van der Waals surface area (Å²) in [6.07, 6.45) is 1.30. The van der Waals surface area contributed by atoms with E-state index in [0.29, 0.717) is 29.2 Å². The van der Waals surface area contributed by atoms with Crippen molar-refractivity contribution in [2.24, 2.45) is 0 Å². The normalized spacial score (nSPS) is 11.4. The highest BCUT2D eigenvalue weighted by molar-refractivity contribution is 6.33. The van der Waals surface area contributed by atoms with Gasteiger partial charge in [-0.15, -0.1) is 0 Å². The van der Waals surface area contributed by atoms with Crippen molar-refractivity contribution in [3.63, 3.8) is 0 Å². The van der Waals surface area contributed by atoms with Crippen LogP contribution >= 0.6 is 11.6 Å². The van der Waals surface area contributed by atoms with Crippen molar-refractivity contribution in [2.45, 2.75) is 38.8 Å². The summed E-state index contributed by atoms with van der Waals surface area (Å²) in [5.74, 6) is -0.597. The molecule has 0 saturated carbocycles. The van der Waals surface area contributed by atoms with Gasteiger partial charge in [0.05, 0.1) is 23.0 Å². The lowest BCUT2D eigenvalue weighted by atomic mass is 10.0. The van der Waals surface area contributed by atoms with Gasteiger partial charge < -0.3 is 16.0 Å². The molecule has 6 nitrogen and oxygen atoms in total. The summed E-state index contributed by atoms with van der Waals surface area (Å²) in [5, 5.41) is 9.04. The Bertz CT molecular complexity index is 1130. The molecule has 0 aliphatic rings. The fourth-order valence-corrected chi connectivity index (χ4v) is 3.71. The summed E-state index contributed by atoms with van der Waals surface area (Å²) in [6.45, 7) is 2.25. The van der Waals surface area contributed by atoms with Crippen LogP contribution in [0.25, 0.3) is 0 Å². The minimum absolute atomic E-state index is 0.0383. The number of benzene rings is 3.